The monoisotopic (exact) mass is 253 g/mol. The average Bonchev–Trinajstić information content (AvgIpc) is 2.91. The summed E-state index contributed by atoms with van der Waals surface area (Å²) in [7, 11) is 0. The number of hydrogen-bond acceptors (Lipinski definition) is 3. The molecule has 0 amide bonds. The molecule has 0 saturated carbocycles. The van der Waals surface area contributed by atoms with Gasteiger partial charge >= 0.3 is 0 Å². The maximum absolute atomic E-state index is 11.8. The third-order valence-corrected chi connectivity index (χ3v) is 4.30. The van der Waals surface area contributed by atoms with E-state index in [1.807, 2.05) is 0 Å². The van der Waals surface area contributed by atoms with Crippen LogP contribution in [-0.2, 0) is 9.53 Å². The normalized spacial score (nSPS) is 25.4. The van der Waals surface area contributed by atoms with E-state index in [1.54, 1.807) is 0 Å². The SMILES string of the molecule is O=C(CCCC1CCCO1)CCC1CCNCC1. The van der Waals surface area contributed by atoms with Crippen molar-refractivity contribution in [3.8, 4) is 0 Å². The molecule has 2 aliphatic rings. The Morgan fingerprint density at radius 1 is 1.11 bits per heavy atom. The van der Waals surface area contributed by atoms with Crippen LogP contribution in [0, 0.1) is 5.92 Å². The molecule has 18 heavy (non-hydrogen) atoms. The van der Waals surface area contributed by atoms with E-state index in [9.17, 15) is 4.79 Å². The van der Waals surface area contributed by atoms with Gasteiger partial charge in [0.2, 0.25) is 0 Å². The first-order valence-electron chi connectivity index (χ1n) is 7.68. The third-order valence-electron chi connectivity index (χ3n) is 4.30. The minimum Gasteiger partial charge on any atom is -0.378 e. The first-order valence-corrected chi connectivity index (χ1v) is 7.68. The minimum absolute atomic E-state index is 0.446. The number of Topliss-reactive ketones (excluding diaryl/α,β-unsaturated/α-hetero) is 1. The molecule has 0 spiro atoms. The first-order chi connectivity index (χ1) is 8.84. The van der Waals surface area contributed by atoms with Crippen molar-refractivity contribution in [3.05, 3.63) is 0 Å². The van der Waals surface area contributed by atoms with Gasteiger partial charge in [0, 0.05) is 19.4 Å². The van der Waals surface area contributed by atoms with E-state index in [1.165, 1.54) is 25.7 Å². The van der Waals surface area contributed by atoms with E-state index in [-0.39, 0.29) is 0 Å². The highest BCUT2D eigenvalue weighted by atomic mass is 16.5. The van der Waals surface area contributed by atoms with E-state index in [0.717, 1.165) is 57.7 Å². The molecule has 3 heteroatoms. The Kier molecular flexibility index (Phi) is 6.15. The van der Waals surface area contributed by atoms with Crippen LogP contribution in [0.1, 0.15) is 57.8 Å². The molecule has 2 heterocycles. The van der Waals surface area contributed by atoms with E-state index < -0.39 is 0 Å². The summed E-state index contributed by atoms with van der Waals surface area (Å²) in [6.45, 7) is 3.20. The molecule has 1 atom stereocenters. The van der Waals surface area contributed by atoms with Gasteiger partial charge in [-0.3, -0.25) is 4.79 Å². The number of carbonyl (C=O) groups is 1. The quantitative estimate of drug-likeness (QED) is 0.758. The fourth-order valence-corrected chi connectivity index (χ4v) is 3.06. The highest BCUT2D eigenvalue weighted by molar-refractivity contribution is 5.78. The lowest BCUT2D eigenvalue weighted by molar-refractivity contribution is -0.119. The molecule has 0 bridgehead atoms. The molecule has 2 saturated heterocycles. The maximum Gasteiger partial charge on any atom is 0.132 e. The van der Waals surface area contributed by atoms with Gasteiger partial charge in [0.05, 0.1) is 6.10 Å². The molecule has 2 aliphatic heterocycles. The summed E-state index contributed by atoms with van der Waals surface area (Å²) in [5, 5.41) is 3.37. The summed E-state index contributed by atoms with van der Waals surface area (Å²) in [6.07, 6.45) is 10.1. The first kappa shape index (κ1) is 14.0. The predicted molar refractivity (Wildman–Crippen MR) is 72.7 cm³/mol. The van der Waals surface area contributed by atoms with E-state index in [2.05, 4.69) is 5.32 Å². The largest absolute Gasteiger partial charge is 0.378 e. The number of ketones is 1. The zero-order valence-corrected chi connectivity index (χ0v) is 11.5. The molecular formula is C15H27NO2. The maximum atomic E-state index is 11.8. The second-order valence-corrected chi connectivity index (χ2v) is 5.80. The molecule has 3 nitrogen and oxygen atoms in total. The number of hydrogen-bond donors (Lipinski definition) is 1. The summed E-state index contributed by atoms with van der Waals surface area (Å²) in [5.41, 5.74) is 0. The highest BCUT2D eigenvalue weighted by Crippen LogP contribution is 2.20. The van der Waals surface area contributed by atoms with Gasteiger partial charge in [-0.05, 0) is 64.0 Å². The van der Waals surface area contributed by atoms with Gasteiger partial charge in [0.15, 0.2) is 0 Å². The molecule has 0 aromatic heterocycles. The number of carbonyl (C=O) groups excluding carboxylic acids is 1. The molecule has 0 radical (unpaired) electrons. The Balaban J connectivity index is 1.49. The van der Waals surface area contributed by atoms with Crippen LogP contribution >= 0.6 is 0 Å². The third kappa shape index (κ3) is 5.07. The topological polar surface area (TPSA) is 38.3 Å². The van der Waals surface area contributed by atoms with Gasteiger partial charge in [-0.1, -0.05) is 0 Å². The fourth-order valence-electron chi connectivity index (χ4n) is 3.06. The lowest BCUT2D eigenvalue weighted by Crippen LogP contribution is -2.27. The predicted octanol–water partition coefficient (Wildman–Crippen LogP) is 2.68. The summed E-state index contributed by atoms with van der Waals surface area (Å²) in [5.74, 6) is 1.25. The van der Waals surface area contributed by atoms with Gasteiger partial charge in [-0.2, -0.15) is 0 Å². The summed E-state index contributed by atoms with van der Waals surface area (Å²) >= 11 is 0. The Hall–Kier alpha value is -0.410. The van der Waals surface area contributed by atoms with Crippen LogP contribution < -0.4 is 5.32 Å². The van der Waals surface area contributed by atoms with Crippen molar-refractivity contribution < 1.29 is 9.53 Å². The van der Waals surface area contributed by atoms with Crippen LogP contribution in [0.5, 0.6) is 0 Å². The zero-order chi connectivity index (χ0) is 12.6. The lowest BCUT2D eigenvalue weighted by atomic mass is 9.91. The second-order valence-electron chi connectivity index (χ2n) is 5.80. The number of rotatable bonds is 7. The standard InChI is InChI=1S/C15H27NO2/c17-14(3-1-4-15-5-2-12-18-15)7-6-13-8-10-16-11-9-13/h13,15-16H,1-12H2. The fraction of sp³-hybridized carbons (Fsp3) is 0.933. The molecule has 0 aliphatic carbocycles. The van der Waals surface area contributed by atoms with Crippen LogP contribution in [0.2, 0.25) is 0 Å². The Morgan fingerprint density at radius 2 is 1.94 bits per heavy atom. The summed E-state index contributed by atoms with van der Waals surface area (Å²) in [6, 6.07) is 0. The van der Waals surface area contributed by atoms with Crippen LogP contribution in [-0.4, -0.2) is 31.6 Å². The molecule has 2 fully saturated rings. The van der Waals surface area contributed by atoms with Crippen molar-refractivity contribution in [1.29, 1.82) is 0 Å². The number of piperidine rings is 1. The van der Waals surface area contributed by atoms with Crippen LogP contribution in [0.25, 0.3) is 0 Å². The molecular weight excluding hydrogens is 226 g/mol. The zero-order valence-electron chi connectivity index (χ0n) is 11.5. The van der Waals surface area contributed by atoms with Crippen LogP contribution in [0.4, 0.5) is 0 Å². The number of nitrogens with one attached hydrogen (secondary N) is 1. The van der Waals surface area contributed by atoms with Gasteiger partial charge in [-0.25, -0.2) is 0 Å². The molecule has 2 rings (SSSR count). The Bertz CT molecular complexity index is 243. The molecule has 0 aromatic rings. The summed E-state index contributed by atoms with van der Waals surface area (Å²) in [4.78, 5) is 11.8. The van der Waals surface area contributed by atoms with Gasteiger partial charge < -0.3 is 10.1 Å². The van der Waals surface area contributed by atoms with Gasteiger partial charge in [0.1, 0.15) is 5.78 Å². The molecule has 1 unspecified atom stereocenters. The van der Waals surface area contributed by atoms with Crippen molar-refractivity contribution in [2.45, 2.75) is 63.9 Å². The Labute approximate surface area is 111 Å². The lowest BCUT2D eigenvalue weighted by Gasteiger charge is -2.22. The van der Waals surface area contributed by atoms with E-state index >= 15 is 0 Å². The molecule has 1 N–H and O–H groups in total. The molecule has 0 aromatic carbocycles. The van der Waals surface area contributed by atoms with Gasteiger partial charge in [0.25, 0.3) is 0 Å². The summed E-state index contributed by atoms with van der Waals surface area (Å²) < 4.78 is 5.57. The minimum atomic E-state index is 0.446. The average molecular weight is 253 g/mol. The van der Waals surface area contributed by atoms with Crippen molar-refractivity contribution in [2.24, 2.45) is 5.92 Å². The van der Waals surface area contributed by atoms with Crippen molar-refractivity contribution in [1.82, 2.24) is 5.32 Å². The van der Waals surface area contributed by atoms with Gasteiger partial charge in [-0.15, -0.1) is 0 Å². The van der Waals surface area contributed by atoms with Crippen LogP contribution in [0.15, 0.2) is 0 Å². The van der Waals surface area contributed by atoms with Crippen LogP contribution in [0.3, 0.4) is 0 Å². The highest BCUT2D eigenvalue weighted by Gasteiger charge is 2.17. The van der Waals surface area contributed by atoms with Crippen molar-refractivity contribution in [3.63, 3.8) is 0 Å². The van der Waals surface area contributed by atoms with E-state index in [4.69, 9.17) is 4.74 Å². The van der Waals surface area contributed by atoms with Crippen molar-refractivity contribution in [2.75, 3.05) is 19.7 Å². The van der Waals surface area contributed by atoms with Crippen molar-refractivity contribution >= 4 is 5.78 Å². The van der Waals surface area contributed by atoms with E-state index in [0.29, 0.717) is 11.9 Å². The smallest absolute Gasteiger partial charge is 0.132 e. The second kappa shape index (κ2) is 7.90. The molecule has 104 valence electrons. The number of ether oxygens (including phenoxy) is 1. The Morgan fingerprint density at radius 3 is 2.67 bits per heavy atom.